The van der Waals surface area contributed by atoms with Gasteiger partial charge in [0.1, 0.15) is 4.21 Å². The van der Waals surface area contributed by atoms with Gasteiger partial charge in [-0.05, 0) is 24.3 Å². The van der Waals surface area contributed by atoms with Crippen molar-refractivity contribution in [2.45, 2.75) is 22.7 Å². The minimum absolute atomic E-state index is 0.0682. The number of carboxylic acids is 1. The quantitative estimate of drug-likeness (QED) is 0.838. The highest BCUT2D eigenvalue weighted by Gasteiger charge is 2.44. The molecular formula is C10H13NO5S2. The third-order valence-electron chi connectivity index (χ3n) is 2.92. The molecule has 0 spiro atoms. The molecule has 0 radical (unpaired) electrons. The summed E-state index contributed by atoms with van der Waals surface area (Å²) in [5, 5.41) is 20.5. The second kappa shape index (κ2) is 4.61. The van der Waals surface area contributed by atoms with E-state index in [4.69, 9.17) is 5.11 Å². The van der Waals surface area contributed by atoms with Crippen LogP contribution in [0.15, 0.2) is 21.7 Å². The molecule has 0 aromatic carbocycles. The molecule has 6 nitrogen and oxygen atoms in total. The van der Waals surface area contributed by atoms with E-state index < -0.39 is 28.1 Å². The summed E-state index contributed by atoms with van der Waals surface area (Å²) in [6.07, 6.45) is 0.395. The van der Waals surface area contributed by atoms with Gasteiger partial charge in [0.2, 0.25) is 0 Å². The van der Waals surface area contributed by atoms with Gasteiger partial charge in [-0.25, -0.2) is 13.2 Å². The monoisotopic (exact) mass is 291 g/mol. The van der Waals surface area contributed by atoms with Gasteiger partial charge in [-0.2, -0.15) is 4.31 Å². The summed E-state index contributed by atoms with van der Waals surface area (Å²) in [6, 6.07) is 3.08. The number of carboxylic acid groups (broad SMARTS) is 1. The zero-order valence-electron chi connectivity index (χ0n) is 9.44. The Hall–Kier alpha value is -0.960. The average Bonchev–Trinajstić information content (AvgIpc) is 2.83. The molecule has 1 unspecified atom stereocenters. The number of hydrogen-bond acceptors (Lipinski definition) is 5. The molecule has 1 saturated heterocycles. The minimum Gasteiger partial charge on any atom is -0.479 e. The first-order chi connectivity index (χ1) is 8.36. The summed E-state index contributed by atoms with van der Waals surface area (Å²) in [5.74, 6) is -1.38. The second-order valence-electron chi connectivity index (χ2n) is 4.21. The van der Waals surface area contributed by atoms with Crippen LogP contribution in [0.1, 0.15) is 12.8 Å². The Morgan fingerprint density at radius 3 is 2.78 bits per heavy atom. The van der Waals surface area contributed by atoms with Gasteiger partial charge in [0.05, 0.1) is 6.54 Å². The predicted molar refractivity (Wildman–Crippen MR) is 64.9 cm³/mol. The van der Waals surface area contributed by atoms with Gasteiger partial charge in [0.25, 0.3) is 10.0 Å². The number of hydrogen-bond donors (Lipinski definition) is 2. The topological polar surface area (TPSA) is 94.9 Å². The molecule has 1 aliphatic heterocycles. The SMILES string of the molecule is O=C(O)C1(O)CCCN(S(=O)(=O)c2cccs2)C1. The molecule has 2 heterocycles. The summed E-state index contributed by atoms with van der Waals surface area (Å²) in [5.41, 5.74) is -1.98. The van der Waals surface area contributed by atoms with Crippen LogP contribution in [0.25, 0.3) is 0 Å². The number of nitrogens with zero attached hydrogens (tertiary/aromatic N) is 1. The molecule has 0 saturated carbocycles. The van der Waals surface area contributed by atoms with Crippen LogP contribution in [0.2, 0.25) is 0 Å². The minimum atomic E-state index is -3.69. The van der Waals surface area contributed by atoms with E-state index in [9.17, 15) is 18.3 Å². The summed E-state index contributed by atoms with van der Waals surface area (Å²) in [6.45, 7) is -0.168. The van der Waals surface area contributed by atoms with E-state index in [-0.39, 0.29) is 17.2 Å². The lowest BCUT2D eigenvalue weighted by molar-refractivity contribution is -0.162. The van der Waals surface area contributed by atoms with Crippen molar-refractivity contribution >= 4 is 27.3 Å². The van der Waals surface area contributed by atoms with Crippen molar-refractivity contribution in [3.63, 3.8) is 0 Å². The van der Waals surface area contributed by atoms with Gasteiger partial charge in [-0.15, -0.1) is 11.3 Å². The molecule has 1 aliphatic rings. The number of rotatable bonds is 3. The van der Waals surface area contributed by atoms with Crippen molar-refractivity contribution < 1.29 is 23.4 Å². The highest BCUT2D eigenvalue weighted by Crippen LogP contribution is 2.28. The largest absolute Gasteiger partial charge is 0.479 e. The molecule has 1 fully saturated rings. The summed E-state index contributed by atoms with van der Waals surface area (Å²) in [4.78, 5) is 11.0. The van der Waals surface area contributed by atoms with Crippen LogP contribution >= 0.6 is 11.3 Å². The van der Waals surface area contributed by atoms with Gasteiger partial charge in [-0.1, -0.05) is 6.07 Å². The average molecular weight is 291 g/mol. The van der Waals surface area contributed by atoms with Crippen LogP contribution in [-0.2, 0) is 14.8 Å². The van der Waals surface area contributed by atoms with E-state index >= 15 is 0 Å². The normalized spacial score (nSPS) is 26.1. The Labute approximate surface area is 109 Å². The van der Waals surface area contributed by atoms with Gasteiger partial charge >= 0.3 is 5.97 Å². The lowest BCUT2D eigenvalue weighted by Gasteiger charge is -2.35. The summed E-state index contributed by atoms with van der Waals surface area (Å²) in [7, 11) is -3.69. The lowest BCUT2D eigenvalue weighted by Crippen LogP contribution is -2.54. The molecule has 2 rings (SSSR count). The third kappa shape index (κ3) is 2.28. The molecule has 2 N–H and O–H groups in total. The fourth-order valence-corrected chi connectivity index (χ4v) is 4.59. The molecular weight excluding hydrogens is 278 g/mol. The van der Waals surface area contributed by atoms with E-state index in [1.807, 2.05) is 0 Å². The Bertz CT molecular complexity index is 539. The van der Waals surface area contributed by atoms with E-state index in [1.54, 1.807) is 11.4 Å². The Balaban J connectivity index is 2.27. The summed E-state index contributed by atoms with van der Waals surface area (Å²) >= 11 is 1.07. The number of piperidine rings is 1. The third-order valence-corrected chi connectivity index (χ3v) is 6.14. The maximum atomic E-state index is 12.2. The first-order valence-electron chi connectivity index (χ1n) is 5.36. The van der Waals surface area contributed by atoms with E-state index in [2.05, 4.69) is 0 Å². The van der Waals surface area contributed by atoms with Crippen LogP contribution < -0.4 is 0 Å². The Morgan fingerprint density at radius 2 is 2.22 bits per heavy atom. The molecule has 1 atom stereocenters. The van der Waals surface area contributed by atoms with Crippen molar-refractivity contribution in [3.8, 4) is 0 Å². The van der Waals surface area contributed by atoms with Crippen molar-refractivity contribution in [1.29, 1.82) is 0 Å². The Kier molecular flexibility index (Phi) is 3.45. The summed E-state index contributed by atoms with van der Waals surface area (Å²) < 4.78 is 25.6. The number of β-amino-alcohol motifs (C(OH)–C–C–N with tert-alkyl or cyclic N) is 1. The van der Waals surface area contributed by atoms with Crippen molar-refractivity contribution in [2.75, 3.05) is 13.1 Å². The van der Waals surface area contributed by atoms with Gasteiger partial charge in [0, 0.05) is 6.54 Å². The van der Waals surface area contributed by atoms with E-state index in [1.165, 1.54) is 6.07 Å². The Morgan fingerprint density at radius 1 is 1.50 bits per heavy atom. The maximum absolute atomic E-state index is 12.2. The van der Waals surface area contributed by atoms with Crippen molar-refractivity contribution in [3.05, 3.63) is 17.5 Å². The first kappa shape index (κ1) is 13.5. The molecule has 0 bridgehead atoms. The number of aliphatic carboxylic acids is 1. The zero-order valence-corrected chi connectivity index (χ0v) is 11.1. The fourth-order valence-electron chi connectivity index (χ4n) is 1.91. The lowest BCUT2D eigenvalue weighted by atomic mass is 9.95. The van der Waals surface area contributed by atoms with Crippen LogP contribution in [-0.4, -0.2) is 47.6 Å². The standard InChI is InChI=1S/C10H13NO5S2/c12-9(13)10(14)4-2-5-11(7-10)18(15,16)8-3-1-6-17-8/h1,3,6,14H,2,4-5,7H2,(H,12,13). The number of aliphatic hydroxyl groups is 1. The van der Waals surface area contributed by atoms with Gasteiger partial charge < -0.3 is 10.2 Å². The van der Waals surface area contributed by atoms with Gasteiger partial charge in [-0.3, -0.25) is 0 Å². The van der Waals surface area contributed by atoms with Crippen LogP contribution in [0.5, 0.6) is 0 Å². The molecule has 1 aromatic heterocycles. The number of sulfonamides is 1. The van der Waals surface area contributed by atoms with Crippen molar-refractivity contribution in [2.24, 2.45) is 0 Å². The van der Waals surface area contributed by atoms with Crippen molar-refractivity contribution in [1.82, 2.24) is 4.31 Å². The predicted octanol–water partition coefficient (Wildman–Crippen LogP) is 0.348. The maximum Gasteiger partial charge on any atom is 0.337 e. The van der Waals surface area contributed by atoms with Crippen LogP contribution in [0.3, 0.4) is 0 Å². The second-order valence-corrected chi connectivity index (χ2v) is 7.32. The fraction of sp³-hybridized carbons (Fsp3) is 0.500. The molecule has 1 aromatic rings. The first-order valence-corrected chi connectivity index (χ1v) is 7.68. The van der Waals surface area contributed by atoms with Gasteiger partial charge in [0.15, 0.2) is 5.60 Å². The highest BCUT2D eigenvalue weighted by molar-refractivity contribution is 7.91. The number of carbonyl (C=O) groups is 1. The number of thiophene rings is 1. The molecule has 0 amide bonds. The van der Waals surface area contributed by atoms with E-state index in [0.717, 1.165) is 15.6 Å². The highest BCUT2D eigenvalue weighted by atomic mass is 32.2. The smallest absolute Gasteiger partial charge is 0.337 e. The zero-order chi connectivity index (χ0) is 13.4. The van der Waals surface area contributed by atoms with Crippen LogP contribution in [0.4, 0.5) is 0 Å². The van der Waals surface area contributed by atoms with E-state index in [0.29, 0.717) is 6.42 Å². The molecule has 18 heavy (non-hydrogen) atoms. The molecule has 100 valence electrons. The molecule has 8 heteroatoms. The van der Waals surface area contributed by atoms with Crippen LogP contribution in [0, 0.1) is 0 Å². The molecule has 0 aliphatic carbocycles.